The summed E-state index contributed by atoms with van der Waals surface area (Å²) in [5, 5.41) is 0. The smallest absolute Gasteiger partial charge is 0.420 e. The van der Waals surface area contributed by atoms with Crippen molar-refractivity contribution in [1.29, 1.82) is 0 Å². The number of rotatable bonds is 4. The molecule has 8 heteroatoms. The molecule has 0 spiro atoms. The molecular formula is C22H35NO6S. The van der Waals surface area contributed by atoms with E-state index >= 15 is 0 Å². The number of ether oxygens (including phenoxy) is 2. The number of carbonyl (C=O) groups excluding carboxylic acids is 2. The summed E-state index contributed by atoms with van der Waals surface area (Å²) in [4.78, 5) is 26.2. The molecular weight excluding hydrogens is 406 g/mol. The second-order valence-electron chi connectivity index (χ2n) is 10.5. The van der Waals surface area contributed by atoms with E-state index in [0.717, 1.165) is 4.90 Å². The Bertz CT molecular complexity index is 825. The van der Waals surface area contributed by atoms with Gasteiger partial charge < -0.3 is 9.47 Å². The summed E-state index contributed by atoms with van der Waals surface area (Å²) in [6.45, 7) is 15.7. The zero-order valence-electron chi connectivity index (χ0n) is 19.5. The molecule has 0 N–H and O–H groups in total. The van der Waals surface area contributed by atoms with Gasteiger partial charge in [0.1, 0.15) is 11.2 Å². The highest BCUT2D eigenvalue weighted by Gasteiger charge is 2.31. The Morgan fingerprint density at radius 1 is 0.800 bits per heavy atom. The van der Waals surface area contributed by atoms with E-state index < -0.39 is 33.2 Å². The molecule has 0 atom stereocenters. The Balaban J connectivity index is 3.12. The third-order valence-electron chi connectivity index (χ3n) is 3.47. The molecule has 0 heterocycles. The van der Waals surface area contributed by atoms with Crippen molar-refractivity contribution >= 4 is 22.0 Å². The molecule has 1 rings (SSSR count). The van der Waals surface area contributed by atoms with Crippen LogP contribution < -0.4 is 0 Å². The molecule has 0 aliphatic heterocycles. The minimum atomic E-state index is -3.44. The average molecular weight is 442 g/mol. The van der Waals surface area contributed by atoms with E-state index in [9.17, 15) is 18.0 Å². The van der Waals surface area contributed by atoms with Gasteiger partial charge in [-0.3, -0.25) is 0 Å². The molecule has 0 fully saturated rings. The molecule has 0 saturated heterocycles. The number of carbonyl (C=O) groups is 2. The minimum Gasteiger partial charge on any atom is -0.443 e. The Morgan fingerprint density at radius 3 is 1.53 bits per heavy atom. The molecule has 0 unspecified atom stereocenters. The van der Waals surface area contributed by atoms with E-state index in [1.54, 1.807) is 53.7 Å². The quantitative estimate of drug-likeness (QED) is 0.639. The maximum Gasteiger partial charge on any atom is 0.420 e. The van der Waals surface area contributed by atoms with Gasteiger partial charge in [0.05, 0.1) is 17.2 Å². The fourth-order valence-electron chi connectivity index (χ4n) is 2.48. The SMILES string of the molecule is CC(C)(C)CS(=O)(=O)c1ccc(CN(C(=O)OC(C)(C)C)C(=O)OC(C)(C)C)cc1. The Labute approximate surface area is 180 Å². The molecule has 0 aliphatic carbocycles. The fourth-order valence-corrected chi connectivity index (χ4v) is 4.33. The summed E-state index contributed by atoms with van der Waals surface area (Å²) in [6.07, 6.45) is -1.66. The van der Waals surface area contributed by atoms with E-state index in [4.69, 9.17) is 9.47 Å². The predicted molar refractivity (Wildman–Crippen MR) is 116 cm³/mol. The van der Waals surface area contributed by atoms with Gasteiger partial charge in [-0.05, 0) is 64.7 Å². The monoisotopic (exact) mass is 441 g/mol. The number of sulfone groups is 1. The summed E-state index contributed by atoms with van der Waals surface area (Å²) in [7, 11) is -3.44. The van der Waals surface area contributed by atoms with Gasteiger partial charge in [0, 0.05) is 0 Å². The van der Waals surface area contributed by atoms with Gasteiger partial charge in [0.25, 0.3) is 0 Å². The van der Waals surface area contributed by atoms with Gasteiger partial charge in [0.15, 0.2) is 9.84 Å². The third-order valence-corrected chi connectivity index (χ3v) is 5.71. The zero-order valence-corrected chi connectivity index (χ0v) is 20.3. The standard InChI is InChI=1S/C22H35NO6S/c1-20(2,3)15-30(26,27)17-12-10-16(11-13-17)14-23(18(24)28-21(4,5)6)19(25)29-22(7,8)9/h10-13H,14-15H2,1-9H3. The average Bonchev–Trinajstić information content (AvgIpc) is 2.47. The van der Waals surface area contributed by atoms with Crippen LogP contribution >= 0.6 is 0 Å². The molecule has 170 valence electrons. The Morgan fingerprint density at radius 2 is 1.20 bits per heavy atom. The second-order valence-corrected chi connectivity index (χ2v) is 12.5. The van der Waals surface area contributed by atoms with Crippen molar-refractivity contribution in [3.63, 3.8) is 0 Å². The molecule has 0 aliphatic rings. The summed E-state index contributed by atoms with van der Waals surface area (Å²) in [6, 6.07) is 6.13. The van der Waals surface area contributed by atoms with Crippen molar-refractivity contribution in [2.45, 2.75) is 85.0 Å². The van der Waals surface area contributed by atoms with Gasteiger partial charge in [0.2, 0.25) is 0 Å². The van der Waals surface area contributed by atoms with E-state index in [0.29, 0.717) is 5.56 Å². The van der Waals surface area contributed by atoms with Crippen LogP contribution in [0, 0.1) is 5.41 Å². The highest BCUT2D eigenvalue weighted by molar-refractivity contribution is 7.91. The molecule has 0 aromatic heterocycles. The maximum atomic E-state index is 12.6. The van der Waals surface area contributed by atoms with Crippen LogP contribution in [0.5, 0.6) is 0 Å². The topological polar surface area (TPSA) is 90.0 Å². The lowest BCUT2D eigenvalue weighted by Gasteiger charge is -2.28. The number of hydrogen-bond acceptors (Lipinski definition) is 6. The van der Waals surface area contributed by atoms with Gasteiger partial charge in [-0.1, -0.05) is 32.9 Å². The number of amides is 2. The first-order chi connectivity index (χ1) is 13.3. The van der Waals surface area contributed by atoms with Crippen molar-refractivity contribution in [3.8, 4) is 0 Å². The van der Waals surface area contributed by atoms with E-state index in [2.05, 4.69) is 0 Å². The Hall–Kier alpha value is -2.09. The van der Waals surface area contributed by atoms with E-state index in [-0.39, 0.29) is 22.6 Å². The van der Waals surface area contributed by atoms with Crippen LogP contribution in [0.4, 0.5) is 9.59 Å². The van der Waals surface area contributed by atoms with Gasteiger partial charge in [-0.25, -0.2) is 22.9 Å². The highest BCUT2D eigenvalue weighted by atomic mass is 32.2. The lowest BCUT2D eigenvalue weighted by atomic mass is 10.0. The fraction of sp³-hybridized carbons (Fsp3) is 0.636. The summed E-state index contributed by atoms with van der Waals surface area (Å²) >= 11 is 0. The zero-order chi connectivity index (χ0) is 23.5. The first kappa shape index (κ1) is 25.9. The molecule has 0 saturated carbocycles. The van der Waals surface area contributed by atoms with Crippen LogP contribution in [-0.2, 0) is 25.9 Å². The highest BCUT2D eigenvalue weighted by Crippen LogP contribution is 2.23. The first-order valence-electron chi connectivity index (χ1n) is 9.84. The molecule has 1 aromatic carbocycles. The normalized spacial score (nSPS) is 13.0. The molecule has 7 nitrogen and oxygen atoms in total. The molecule has 30 heavy (non-hydrogen) atoms. The lowest BCUT2D eigenvalue weighted by Crippen LogP contribution is -2.43. The summed E-state index contributed by atoms with van der Waals surface area (Å²) in [5.74, 6) is 0.0152. The summed E-state index contributed by atoms with van der Waals surface area (Å²) < 4.78 is 35.8. The Kier molecular flexibility index (Phi) is 7.75. The van der Waals surface area contributed by atoms with Crippen LogP contribution in [0.15, 0.2) is 29.2 Å². The molecule has 0 radical (unpaired) electrons. The van der Waals surface area contributed by atoms with Crippen LogP contribution in [0.2, 0.25) is 0 Å². The van der Waals surface area contributed by atoms with Gasteiger partial charge in [-0.2, -0.15) is 0 Å². The van der Waals surface area contributed by atoms with Crippen LogP contribution in [-0.4, -0.2) is 42.5 Å². The van der Waals surface area contributed by atoms with Crippen LogP contribution in [0.25, 0.3) is 0 Å². The summed E-state index contributed by atoms with van der Waals surface area (Å²) in [5.41, 5.74) is -1.38. The molecule has 1 aromatic rings. The van der Waals surface area contributed by atoms with Crippen molar-refractivity contribution in [2.75, 3.05) is 5.75 Å². The number of hydrogen-bond donors (Lipinski definition) is 0. The lowest BCUT2D eigenvalue weighted by molar-refractivity contribution is -0.000258. The number of nitrogens with zero attached hydrogens (tertiary/aromatic N) is 1. The van der Waals surface area contributed by atoms with Crippen molar-refractivity contribution in [3.05, 3.63) is 29.8 Å². The molecule has 0 bridgehead atoms. The molecule has 2 amide bonds. The van der Waals surface area contributed by atoms with Crippen molar-refractivity contribution in [1.82, 2.24) is 4.90 Å². The number of imide groups is 1. The maximum absolute atomic E-state index is 12.6. The van der Waals surface area contributed by atoms with Crippen molar-refractivity contribution in [2.24, 2.45) is 5.41 Å². The minimum absolute atomic E-state index is 0.0152. The van der Waals surface area contributed by atoms with Crippen LogP contribution in [0.3, 0.4) is 0 Å². The number of benzene rings is 1. The third kappa shape index (κ3) is 9.15. The first-order valence-corrected chi connectivity index (χ1v) is 11.5. The van der Waals surface area contributed by atoms with Crippen LogP contribution in [0.1, 0.15) is 67.9 Å². The van der Waals surface area contributed by atoms with Gasteiger partial charge >= 0.3 is 12.2 Å². The van der Waals surface area contributed by atoms with E-state index in [1.165, 1.54) is 12.1 Å². The second kappa shape index (κ2) is 8.96. The largest absolute Gasteiger partial charge is 0.443 e. The van der Waals surface area contributed by atoms with Gasteiger partial charge in [-0.15, -0.1) is 0 Å². The van der Waals surface area contributed by atoms with E-state index in [1.807, 2.05) is 20.8 Å². The van der Waals surface area contributed by atoms with Crippen molar-refractivity contribution < 1.29 is 27.5 Å². The predicted octanol–water partition coefficient (Wildman–Crippen LogP) is 5.18.